The van der Waals surface area contributed by atoms with Gasteiger partial charge >= 0.3 is 0 Å². The fraction of sp³-hybridized carbons (Fsp3) is 0.455. The molecule has 1 aliphatic heterocycles. The van der Waals surface area contributed by atoms with Crippen molar-refractivity contribution in [3.05, 3.63) is 16.6 Å². The van der Waals surface area contributed by atoms with E-state index < -0.39 is 0 Å². The molecule has 3 N–H and O–H groups in total. The van der Waals surface area contributed by atoms with E-state index in [1.807, 2.05) is 0 Å². The second-order valence-electron chi connectivity index (χ2n) is 4.45. The molecule has 9 heteroatoms. The van der Waals surface area contributed by atoms with Gasteiger partial charge in [0.1, 0.15) is 17.2 Å². The highest BCUT2D eigenvalue weighted by Crippen LogP contribution is 2.34. The number of anilines is 1. The monoisotopic (exact) mass is 355 g/mol. The van der Waals surface area contributed by atoms with Crippen LogP contribution in [-0.2, 0) is 13.0 Å². The first-order valence-corrected chi connectivity index (χ1v) is 7.97. The Morgan fingerprint density at radius 1 is 1.25 bits per heavy atom. The molecule has 7 nitrogen and oxygen atoms in total. The molecule has 0 aromatic carbocycles. The van der Waals surface area contributed by atoms with Gasteiger partial charge in [-0.25, -0.2) is 15.8 Å². The summed E-state index contributed by atoms with van der Waals surface area (Å²) in [7, 11) is 0. The summed E-state index contributed by atoms with van der Waals surface area (Å²) in [6.07, 6.45) is 6.06. The van der Waals surface area contributed by atoms with E-state index in [4.69, 9.17) is 5.84 Å². The second-order valence-corrected chi connectivity index (χ2v) is 6.20. The number of rotatable bonds is 3. The number of nitrogen functional groups attached to an aromatic ring is 1. The van der Waals surface area contributed by atoms with Crippen LogP contribution in [0.3, 0.4) is 0 Å². The van der Waals surface area contributed by atoms with Gasteiger partial charge in [-0.2, -0.15) is 0 Å². The van der Waals surface area contributed by atoms with E-state index in [2.05, 4.69) is 46.1 Å². The summed E-state index contributed by atoms with van der Waals surface area (Å²) in [5.74, 6) is 7.03. The van der Waals surface area contributed by atoms with Gasteiger partial charge in [0.15, 0.2) is 11.0 Å². The first-order chi connectivity index (χ1) is 9.79. The Bertz CT molecular complexity index is 615. The van der Waals surface area contributed by atoms with Gasteiger partial charge in [0.2, 0.25) is 0 Å². The van der Waals surface area contributed by atoms with Crippen molar-refractivity contribution in [2.24, 2.45) is 5.84 Å². The SMILES string of the molecule is NNc1ncnc(Sc2nnc3n2CCCCC3)c1Br. The summed E-state index contributed by atoms with van der Waals surface area (Å²) in [5.41, 5.74) is 2.53. The van der Waals surface area contributed by atoms with Gasteiger partial charge < -0.3 is 9.99 Å². The third kappa shape index (κ3) is 2.65. The third-order valence-electron chi connectivity index (χ3n) is 3.16. The van der Waals surface area contributed by atoms with Gasteiger partial charge in [-0.1, -0.05) is 6.42 Å². The smallest absolute Gasteiger partial charge is 0.197 e. The van der Waals surface area contributed by atoms with Crippen LogP contribution in [0.5, 0.6) is 0 Å². The first kappa shape index (κ1) is 13.8. The first-order valence-electron chi connectivity index (χ1n) is 6.36. The normalized spacial score (nSPS) is 14.7. The highest BCUT2D eigenvalue weighted by Gasteiger charge is 2.18. The lowest BCUT2D eigenvalue weighted by atomic mass is 10.2. The van der Waals surface area contributed by atoms with Crippen molar-refractivity contribution < 1.29 is 0 Å². The minimum Gasteiger partial charge on any atom is -0.307 e. The highest BCUT2D eigenvalue weighted by atomic mass is 79.9. The zero-order valence-corrected chi connectivity index (χ0v) is 13.1. The summed E-state index contributed by atoms with van der Waals surface area (Å²) in [5, 5.41) is 10.2. The number of nitrogens with two attached hydrogens (primary N) is 1. The third-order valence-corrected chi connectivity index (χ3v) is 5.16. The Hall–Kier alpha value is -1.19. The number of nitrogens with zero attached hydrogens (tertiary/aromatic N) is 5. The Morgan fingerprint density at radius 3 is 3.00 bits per heavy atom. The minimum absolute atomic E-state index is 0.554. The van der Waals surface area contributed by atoms with Gasteiger partial charge in [-0.05, 0) is 40.5 Å². The van der Waals surface area contributed by atoms with Crippen LogP contribution >= 0.6 is 27.7 Å². The maximum Gasteiger partial charge on any atom is 0.197 e. The Morgan fingerprint density at radius 2 is 2.15 bits per heavy atom. The maximum atomic E-state index is 5.41. The number of hydrazine groups is 1. The number of aryl methyl sites for hydroxylation is 1. The molecule has 3 rings (SSSR count). The number of fused-ring (bicyclic) bond motifs is 1. The molecule has 0 atom stereocenters. The van der Waals surface area contributed by atoms with Gasteiger partial charge in [0, 0.05) is 13.0 Å². The van der Waals surface area contributed by atoms with Crippen LogP contribution in [0.15, 0.2) is 21.0 Å². The van der Waals surface area contributed by atoms with Crippen molar-refractivity contribution in [2.75, 3.05) is 5.43 Å². The van der Waals surface area contributed by atoms with E-state index in [0.717, 1.165) is 33.4 Å². The van der Waals surface area contributed by atoms with E-state index in [0.29, 0.717) is 5.82 Å². The fourth-order valence-electron chi connectivity index (χ4n) is 2.15. The molecular weight excluding hydrogens is 342 g/mol. The van der Waals surface area contributed by atoms with Crippen LogP contribution in [0.25, 0.3) is 0 Å². The van der Waals surface area contributed by atoms with Gasteiger partial charge in [0.05, 0.1) is 4.47 Å². The molecule has 0 aliphatic carbocycles. The lowest BCUT2D eigenvalue weighted by Crippen LogP contribution is -2.10. The molecule has 0 bridgehead atoms. The van der Waals surface area contributed by atoms with Crippen LogP contribution in [0.4, 0.5) is 5.82 Å². The zero-order chi connectivity index (χ0) is 13.9. The molecule has 0 amide bonds. The predicted octanol–water partition coefficient (Wildman–Crippen LogP) is 1.99. The quantitative estimate of drug-likeness (QED) is 0.493. The molecule has 0 spiro atoms. The molecule has 106 valence electrons. The van der Waals surface area contributed by atoms with E-state index >= 15 is 0 Å². The van der Waals surface area contributed by atoms with Crippen LogP contribution < -0.4 is 11.3 Å². The summed E-state index contributed by atoms with van der Waals surface area (Å²) < 4.78 is 2.92. The number of hydrogen-bond acceptors (Lipinski definition) is 7. The van der Waals surface area contributed by atoms with Crippen molar-refractivity contribution in [1.29, 1.82) is 0 Å². The van der Waals surface area contributed by atoms with Gasteiger partial charge in [-0.15, -0.1) is 10.2 Å². The molecule has 3 heterocycles. The van der Waals surface area contributed by atoms with Crippen molar-refractivity contribution in [2.45, 2.75) is 42.4 Å². The van der Waals surface area contributed by atoms with Crippen molar-refractivity contribution in [3.63, 3.8) is 0 Å². The van der Waals surface area contributed by atoms with Crippen LogP contribution in [-0.4, -0.2) is 24.7 Å². The molecule has 0 unspecified atom stereocenters. The molecule has 0 saturated heterocycles. The second kappa shape index (κ2) is 6.06. The average Bonchev–Trinajstić information content (AvgIpc) is 2.70. The summed E-state index contributed by atoms with van der Waals surface area (Å²) >= 11 is 4.92. The predicted molar refractivity (Wildman–Crippen MR) is 79.2 cm³/mol. The fourth-order valence-corrected chi connectivity index (χ4v) is 3.56. The molecule has 0 fully saturated rings. The molecular formula is C11H14BrN7S. The molecule has 20 heavy (non-hydrogen) atoms. The topological polar surface area (TPSA) is 94.5 Å². The number of aromatic nitrogens is 5. The van der Waals surface area contributed by atoms with Gasteiger partial charge in [0.25, 0.3) is 0 Å². The molecule has 0 radical (unpaired) electrons. The minimum atomic E-state index is 0.554. The molecule has 2 aromatic rings. The standard InChI is InChI=1S/C11H14BrN7S/c12-8-9(16-13)14-6-15-10(8)20-11-18-17-7-4-2-1-3-5-19(7)11/h6H,1-5,13H2,(H,14,15,16). The highest BCUT2D eigenvalue weighted by molar-refractivity contribution is 9.10. The van der Waals surface area contributed by atoms with E-state index in [9.17, 15) is 0 Å². The zero-order valence-electron chi connectivity index (χ0n) is 10.7. The Kier molecular flexibility index (Phi) is 4.18. The lowest BCUT2D eigenvalue weighted by molar-refractivity contribution is 0.590. The maximum absolute atomic E-state index is 5.41. The Balaban J connectivity index is 1.90. The van der Waals surface area contributed by atoms with Crippen LogP contribution in [0.2, 0.25) is 0 Å². The number of halogens is 1. The van der Waals surface area contributed by atoms with E-state index in [1.165, 1.54) is 37.4 Å². The van der Waals surface area contributed by atoms with Crippen molar-refractivity contribution >= 4 is 33.5 Å². The van der Waals surface area contributed by atoms with Crippen molar-refractivity contribution in [1.82, 2.24) is 24.7 Å². The van der Waals surface area contributed by atoms with E-state index in [-0.39, 0.29) is 0 Å². The molecule has 2 aromatic heterocycles. The number of nitrogens with one attached hydrogen (secondary N) is 1. The molecule has 0 saturated carbocycles. The lowest BCUT2D eigenvalue weighted by Gasteiger charge is -2.08. The summed E-state index contributed by atoms with van der Waals surface area (Å²) in [4.78, 5) is 8.30. The molecule has 1 aliphatic rings. The number of hydrogen-bond donors (Lipinski definition) is 2. The van der Waals surface area contributed by atoms with E-state index in [1.54, 1.807) is 0 Å². The van der Waals surface area contributed by atoms with Crippen LogP contribution in [0.1, 0.15) is 25.1 Å². The Labute approximate surface area is 128 Å². The average molecular weight is 356 g/mol. The van der Waals surface area contributed by atoms with Crippen LogP contribution in [0, 0.1) is 0 Å². The van der Waals surface area contributed by atoms with Gasteiger partial charge in [-0.3, -0.25) is 0 Å². The largest absolute Gasteiger partial charge is 0.307 e. The van der Waals surface area contributed by atoms with Crippen molar-refractivity contribution in [3.8, 4) is 0 Å². The summed E-state index contributed by atoms with van der Waals surface area (Å²) in [6, 6.07) is 0. The summed E-state index contributed by atoms with van der Waals surface area (Å²) in [6.45, 7) is 0.968.